The van der Waals surface area contributed by atoms with Crippen molar-refractivity contribution in [1.82, 2.24) is 10.6 Å². The third-order valence-electron chi connectivity index (χ3n) is 7.67. The number of aliphatic hydroxyl groups is 1. The smallest absolute Gasteiger partial charge is 0.399 e. The van der Waals surface area contributed by atoms with E-state index in [1.165, 1.54) is 0 Å². The Bertz CT molecular complexity index is 1350. The van der Waals surface area contributed by atoms with E-state index in [0.717, 1.165) is 11.0 Å². The lowest BCUT2D eigenvalue weighted by Gasteiger charge is -2.32. The fourth-order valence-electron chi connectivity index (χ4n) is 4.48. The van der Waals surface area contributed by atoms with Crippen LogP contribution in [0.4, 0.5) is 0 Å². The van der Waals surface area contributed by atoms with Gasteiger partial charge < -0.3 is 30.8 Å². The van der Waals surface area contributed by atoms with Crippen LogP contribution in [0.1, 0.15) is 55.2 Å². The molecule has 3 amide bonds. The molecule has 1 saturated heterocycles. The molecule has 0 aromatic heterocycles. The first-order valence-corrected chi connectivity index (χ1v) is 13.5. The van der Waals surface area contributed by atoms with Gasteiger partial charge in [0.15, 0.2) is 6.10 Å². The Morgan fingerprint density at radius 1 is 0.829 bits per heavy atom. The number of hydrogen-bond donors (Lipinski definition) is 4. The molecule has 0 spiro atoms. The van der Waals surface area contributed by atoms with Gasteiger partial charge in [-0.05, 0) is 56.4 Å². The molecule has 4 rings (SSSR count). The van der Waals surface area contributed by atoms with Crippen LogP contribution in [0.2, 0.25) is 0 Å². The first-order valence-electron chi connectivity index (χ1n) is 13.5. The highest BCUT2D eigenvalue weighted by Gasteiger charge is 2.51. The van der Waals surface area contributed by atoms with E-state index >= 15 is 0 Å². The Labute approximate surface area is 240 Å². The second-order valence-corrected chi connectivity index (χ2v) is 11.2. The van der Waals surface area contributed by atoms with Crippen molar-refractivity contribution in [3.8, 4) is 0 Å². The molecule has 0 bridgehead atoms. The SMILES string of the molecule is CC1(C)OB(c2ccc(C[C@H](NC(=O)[C@H](O)[C@@H](NC(=O)c3ccccc3)c3ccccc3)C(N)=O)cc2)OC1(C)C. The van der Waals surface area contributed by atoms with Crippen molar-refractivity contribution in [2.24, 2.45) is 5.73 Å². The predicted octanol–water partition coefficient (Wildman–Crippen LogP) is 2.03. The highest BCUT2D eigenvalue weighted by atomic mass is 16.7. The average Bonchev–Trinajstić information content (AvgIpc) is 3.18. The van der Waals surface area contributed by atoms with E-state index in [0.29, 0.717) is 11.1 Å². The first-order chi connectivity index (χ1) is 19.4. The van der Waals surface area contributed by atoms with E-state index in [1.54, 1.807) is 60.7 Å². The van der Waals surface area contributed by atoms with Crippen molar-refractivity contribution < 1.29 is 28.8 Å². The summed E-state index contributed by atoms with van der Waals surface area (Å²) in [5, 5.41) is 16.4. The highest BCUT2D eigenvalue weighted by Crippen LogP contribution is 2.36. The molecular weight excluding hydrogens is 521 g/mol. The lowest BCUT2D eigenvalue weighted by atomic mass is 9.78. The number of carbonyl (C=O) groups excluding carboxylic acids is 3. The Morgan fingerprint density at radius 2 is 1.37 bits per heavy atom. The van der Waals surface area contributed by atoms with Gasteiger partial charge in [-0.3, -0.25) is 14.4 Å². The summed E-state index contributed by atoms with van der Waals surface area (Å²) in [6, 6.07) is 22.3. The van der Waals surface area contributed by atoms with Gasteiger partial charge in [0, 0.05) is 12.0 Å². The molecule has 214 valence electrons. The van der Waals surface area contributed by atoms with Gasteiger partial charge in [0.1, 0.15) is 6.04 Å². The van der Waals surface area contributed by atoms with Crippen molar-refractivity contribution in [1.29, 1.82) is 0 Å². The van der Waals surface area contributed by atoms with Crippen molar-refractivity contribution in [3.63, 3.8) is 0 Å². The topological polar surface area (TPSA) is 140 Å². The molecule has 3 aromatic rings. The Morgan fingerprint density at radius 3 is 1.90 bits per heavy atom. The number of amides is 3. The van der Waals surface area contributed by atoms with Gasteiger partial charge in [-0.15, -0.1) is 0 Å². The molecule has 10 heteroatoms. The van der Waals surface area contributed by atoms with Gasteiger partial charge in [-0.25, -0.2) is 0 Å². The van der Waals surface area contributed by atoms with E-state index < -0.39 is 54.2 Å². The molecule has 1 aliphatic rings. The quantitative estimate of drug-likeness (QED) is 0.282. The van der Waals surface area contributed by atoms with Crippen LogP contribution in [0, 0.1) is 0 Å². The lowest BCUT2D eigenvalue weighted by Crippen LogP contribution is -2.52. The number of hydrogen-bond acceptors (Lipinski definition) is 6. The zero-order valence-corrected chi connectivity index (χ0v) is 23.7. The zero-order valence-electron chi connectivity index (χ0n) is 23.7. The molecule has 1 aliphatic heterocycles. The first kappa shape index (κ1) is 30.0. The van der Waals surface area contributed by atoms with Crippen molar-refractivity contribution in [2.45, 2.75) is 63.5 Å². The monoisotopic (exact) mass is 557 g/mol. The maximum atomic E-state index is 13.2. The van der Waals surface area contributed by atoms with Crippen LogP contribution in [-0.2, 0) is 25.3 Å². The number of nitrogens with two attached hydrogens (primary N) is 1. The van der Waals surface area contributed by atoms with E-state index in [1.807, 2.05) is 52.0 Å². The normalized spacial score (nSPS) is 17.7. The molecule has 3 aromatic carbocycles. The number of carbonyl (C=O) groups is 3. The number of nitrogens with one attached hydrogen (secondary N) is 2. The standard InChI is InChI=1S/C31H36BN3O6/c1-30(2)31(3,4)41-32(40-30)23-17-15-20(16-18-23)19-24(27(33)37)34-29(39)26(36)25(21-11-7-5-8-12-21)35-28(38)22-13-9-6-10-14-22/h5-18,24-26,36H,19H2,1-4H3,(H2,33,37)(H,34,39)(H,35,38)/t24-,25-,26+/m0/s1. The van der Waals surface area contributed by atoms with Crippen LogP contribution >= 0.6 is 0 Å². The molecule has 0 saturated carbocycles. The van der Waals surface area contributed by atoms with Gasteiger partial charge in [0.25, 0.3) is 11.8 Å². The van der Waals surface area contributed by atoms with E-state index in [9.17, 15) is 19.5 Å². The third-order valence-corrected chi connectivity index (χ3v) is 7.67. The van der Waals surface area contributed by atoms with Gasteiger partial charge in [-0.2, -0.15) is 0 Å². The Kier molecular flexibility index (Phi) is 8.97. The molecule has 0 radical (unpaired) electrons. The maximum absolute atomic E-state index is 13.2. The lowest BCUT2D eigenvalue weighted by molar-refractivity contribution is -0.134. The van der Waals surface area contributed by atoms with Crippen LogP contribution in [0.15, 0.2) is 84.9 Å². The molecule has 1 heterocycles. The van der Waals surface area contributed by atoms with Crippen LogP contribution in [0.5, 0.6) is 0 Å². The van der Waals surface area contributed by atoms with Gasteiger partial charge in [0.2, 0.25) is 5.91 Å². The fraction of sp³-hybridized carbons (Fsp3) is 0.323. The maximum Gasteiger partial charge on any atom is 0.494 e. The zero-order chi connectivity index (χ0) is 29.8. The van der Waals surface area contributed by atoms with Crippen LogP contribution in [0.25, 0.3) is 0 Å². The summed E-state index contributed by atoms with van der Waals surface area (Å²) in [5.74, 6) is -2.06. The van der Waals surface area contributed by atoms with Gasteiger partial charge in [-0.1, -0.05) is 72.8 Å². The van der Waals surface area contributed by atoms with E-state index in [4.69, 9.17) is 15.0 Å². The molecule has 0 aliphatic carbocycles. The Hall–Kier alpha value is -3.99. The van der Waals surface area contributed by atoms with Crippen molar-refractivity contribution in [3.05, 3.63) is 102 Å². The summed E-state index contributed by atoms with van der Waals surface area (Å²) in [7, 11) is -0.531. The number of primary amides is 1. The minimum atomic E-state index is -1.70. The number of aliphatic hydroxyl groups excluding tert-OH is 1. The molecule has 3 atom stereocenters. The molecule has 5 N–H and O–H groups in total. The summed E-state index contributed by atoms with van der Waals surface area (Å²) >= 11 is 0. The average molecular weight is 557 g/mol. The minimum absolute atomic E-state index is 0.101. The molecule has 41 heavy (non-hydrogen) atoms. The number of rotatable bonds is 10. The van der Waals surface area contributed by atoms with E-state index in [2.05, 4.69) is 10.6 Å². The summed E-state index contributed by atoms with van der Waals surface area (Å²) < 4.78 is 12.2. The molecule has 1 fully saturated rings. The highest BCUT2D eigenvalue weighted by molar-refractivity contribution is 6.62. The summed E-state index contributed by atoms with van der Waals surface area (Å²) in [6.07, 6.45) is -1.60. The summed E-state index contributed by atoms with van der Waals surface area (Å²) in [6.45, 7) is 7.91. The van der Waals surface area contributed by atoms with Gasteiger partial charge in [0.05, 0.1) is 17.2 Å². The fourth-order valence-corrected chi connectivity index (χ4v) is 4.48. The molecular formula is C31H36BN3O6. The summed E-state index contributed by atoms with van der Waals surface area (Å²) in [5.41, 5.74) is 7.13. The largest absolute Gasteiger partial charge is 0.494 e. The number of benzene rings is 3. The van der Waals surface area contributed by atoms with Crippen LogP contribution in [-0.4, -0.2) is 53.3 Å². The van der Waals surface area contributed by atoms with Crippen molar-refractivity contribution >= 4 is 30.3 Å². The second kappa shape index (κ2) is 12.3. The molecule has 9 nitrogen and oxygen atoms in total. The van der Waals surface area contributed by atoms with Gasteiger partial charge >= 0.3 is 7.12 Å². The van der Waals surface area contributed by atoms with Crippen LogP contribution in [0.3, 0.4) is 0 Å². The minimum Gasteiger partial charge on any atom is -0.399 e. The third kappa shape index (κ3) is 7.03. The predicted molar refractivity (Wildman–Crippen MR) is 156 cm³/mol. The summed E-state index contributed by atoms with van der Waals surface area (Å²) in [4.78, 5) is 38.4. The van der Waals surface area contributed by atoms with Crippen LogP contribution < -0.4 is 21.8 Å². The molecule has 0 unspecified atom stereocenters. The Balaban J connectivity index is 1.45. The second-order valence-electron chi connectivity index (χ2n) is 11.2. The van der Waals surface area contributed by atoms with Crippen molar-refractivity contribution in [2.75, 3.05) is 0 Å². The van der Waals surface area contributed by atoms with E-state index in [-0.39, 0.29) is 6.42 Å².